The van der Waals surface area contributed by atoms with Crippen molar-refractivity contribution in [3.05, 3.63) is 18.6 Å². The molecule has 0 aromatic carbocycles. The average Bonchev–Trinajstić information content (AvgIpc) is 3.03. The van der Waals surface area contributed by atoms with Crippen molar-refractivity contribution >= 4 is 22.9 Å². The highest BCUT2D eigenvalue weighted by atomic mass is 16.2. The second kappa shape index (κ2) is 6.21. The molecule has 2 aromatic rings. The third-order valence-corrected chi connectivity index (χ3v) is 4.47. The summed E-state index contributed by atoms with van der Waals surface area (Å²) in [4.78, 5) is 25.4. The van der Waals surface area contributed by atoms with Gasteiger partial charge in [0.25, 0.3) is 0 Å². The van der Waals surface area contributed by atoms with Crippen LogP contribution in [0.15, 0.2) is 18.6 Å². The van der Waals surface area contributed by atoms with Crippen molar-refractivity contribution in [3.8, 4) is 0 Å². The standard InChI is InChI=1S/C15H22N6O/c1-16-15(22)20-10-3-5-11(6-4-10)21(2)14-12-7-8-17-13(12)18-9-19-14/h7-11H,3-6H2,1-2H3,(H2,16,20,22)(H,17,18,19). The molecule has 3 rings (SSSR count). The molecular formula is C15H22N6O. The first-order chi connectivity index (χ1) is 10.7. The lowest BCUT2D eigenvalue weighted by Crippen LogP contribution is -2.45. The zero-order valence-corrected chi connectivity index (χ0v) is 13.0. The average molecular weight is 302 g/mol. The molecule has 118 valence electrons. The molecule has 1 aliphatic carbocycles. The number of hydrogen-bond acceptors (Lipinski definition) is 4. The fraction of sp³-hybridized carbons (Fsp3) is 0.533. The van der Waals surface area contributed by atoms with Gasteiger partial charge < -0.3 is 20.5 Å². The summed E-state index contributed by atoms with van der Waals surface area (Å²) in [5.41, 5.74) is 0.867. The summed E-state index contributed by atoms with van der Waals surface area (Å²) >= 11 is 0. The van der Waals surface area contributed by atoms with Crippen molar-refractivity contribution in [2.75, 3.05) is 19.0 Å². The molecule has 0 radical (unpaired) electrons. The van der Waals surface area contributed by atoms with E-state index in [4.69, 9.17) is 0 Å². The van der Waals surface area contributed by atoms with Gasteiger partial charge in [0.2, 0.25) is 0 Å². The Balaban J connectivity index is 1.66. The molecule has 1 aliphatic rings. The topological polar surface area (TPSA) is 85.9 Å². The van der Waals surface area contributed by atoms with Crippen molar-refractivity contribution in [1.29, 1.82) is 0 Å². The number of carbonyl (C=O) groups excluding carboxylic acids is 1. The van der Waals surface area contributed by atoms with Gasteiger partial charge in [-0.1, -0.05) is 0 Å². The van der Waals surface area contributed by atoms with Crippen LogP contribution in [0.25, 0.3) is 11.0 Å². The highest BCUT2D eigenvalue weighted by molar-refractivity contribution is 5.87. The Morgan fingerprint density at radius 1 is 1.32 bits per heavy atom. The van der Waals surface area contributed by atoms with Crippen LogP contribution in [0.3, 0.4) is 0 Å². The third-order valence-electron chi connectivity index (χ3n) is 4.47. The number of aromatic amines is 1. The van der Waals surface area contributed by atoms with E-state index >= 15 is 0 Å². The SMILES string of the molecule is CNC(=O)NC1CCC(N(C)c2ncnc3[nH]ccc23)CC1. The minimum absolute atomic E-state index is 0.0957. The van der Waals surface area contributed by atoms with Crippen molar-refractivity contribution in [2.24, 2.45) is 0 Å². The molecule has 22 heavy (non-hydrogen) atoms. The van der Waals surface area contributed by atoms with Crippen molar-refractivity contribution in [1.82, 2.24) is 25.6 Å². The normalized spacial score (nSPS) is 21.5. The first-order valence-electron chi connectivity index (χ1n) is 7.68. The smallest absolute Gasteiger partial charge is 0.314 e. The van der Waals surface area contributed by atoms with E-state index in [1.807, 2.05) is 12.3 Å². The van der Waals surface area contributed by atoms with Crippen LogP contribution in [-0.2, 0) is 0 Å². The molecule has 0 atom stereocenters. The molecule has 0 saturated heterocycles. The maximum atomic E-state index is 11.4. The maximum absolute atomic E-state index is 11.4. The van der Waals surface area contributed by atoms with E-state index in [9.17, 15) is 4.79 Å². The molecule has 2 heterocycles. The molecule has 0 bridgehead atoms. The predicted molar refractivity (Wildman–Crippen MR) is 85.9 cm³/mol. The maximum Gasteiger partial charge on any atom is 0.314 e. The van der Waals surface area contributed by atoms with Gasteiger partial charge in [-0.25, -0.2) is 14.8 Å². The van der Waals surface area contributed by atoms with Gasteiger partial charge in [0, 0.05) is 32.4 Å². The molecule has 7 heteroatoms. The number of hydrogen-bond donors (Lipinski definition) is 3. The van der Waals surface area contributed by atoms with Crippen LogP contribution in [0.1, 0.15) is 25.7 Å². The Kier molecular flexibility index (Phi) is 4.13. The van der Waals surface area contributed by atoms with E-state index in [0.29, 0.717) is 6.04 Å². The van der Waals surface area contributed by atoms with Gasteiger partial charge in [0.05, 0.1) is 5.39 Å². The fourth-order valence-corrected chi connectivity index (χ4v) is 3.18. The second-order valence-electron chi connectivity index (χ2n) is 5.78. The number of urea groups is 1. The van der Waals surface area contributed by atoms with Crippen LogP contribution < -0.4 is 15.5 Å². The lowest BCUT2D eigenvalue weighted by atomic mass is 9.90. The molecule has 0 aliphatic heterocycles. The summed E-state index contributed by atoms with van der Waals surface area (Å²) in [7, 11) is 3.73. The molecule has 0 unspecified atom stereocenters. The number of H-pyrrole nitrogens is 1. The first kappa shape index (κ1) is 14.6. The van der Waals surface area contributed by atoms with Crippen LogP contribution in [0.5, 0.6) is 0 Å². The van der Waals surface area contributed by atoms with Crippen LogP contribution in [0.4, 0.5) is 10.6 Å². The van der Waals surface area contributed by atoms with Crippen LogP contribution in [-0.4, -0.2) is 47.2 Å². The van der Waals surface area contributed by atoms with Gasteiger partial charge in [-0.05, 0) is 31.7 Å². The lowest BCUT2D eigenvalue weighted by molar-refractivity contribution is 0.233. The highest BCUT2D eigenvalue weighted by Gasteiger charge is 2.26. The number of carbonyl (C=O) groups is 1. The molecule has 7 nitrogen and oxygen atoms in total. The van der Waals surface area contributed by atoms with E-state index in [1.54, 1.807) is 13.4 Å². The Morgan fingerprint density at radius 2 is 2.09 bits per heavy atom. The van der Waals surface area contributed by atoms with Gasteiger partial charge in [-0.15, -0.1) is 0 Å². The van der Waals surface area contributed by atoms with Gasteiger partial charge in [0.1, 0.15) is 17.8 Å². The van der Waals surface area contributed by atoms with E-state index in [1.165, 1.54) is 0 Å². The Hall–Kier alpha value is -2.31. The van der Waals surface area contributed by atoms with Crippen LogP contribution >= 0.6 is 0 Å². The van der Waals surface area contributed by atoms with E-state index in [-0.39, 0.29) is 12.1 Å². The largest absolute Gasteiger partial charge is 0.356 e. The summed E-state index contributed by atoms with van der Waals surface area (Å²) in [6, 6.07) is 2.62. The summed E-state index contributed by atoms with van der Waals surface area (Å²) < 4.78 is 0. The quantitative estimate of drug-likeness (QED) is 0.804. The first-order valence-corrected chi connectivity index (χ1v) is 7.68. The zero-order chi connectivity index (χ0) is 15.5. The molecule has 1 fully saturated rings. The van der Waals surface area contributed by atoms with Crippen molar-refractivity contribution in [2.45, 2.75) is 37.8 Å². The van der Waals surface area contributed by atoms with E-state index < -0.39 is 0 Å². The van der Waals surface area contributed by atoms with Crippen molar-refractivity contribution in [3.63, 3.8) is 0 Å². The number of nitrogens with one attached hydrogen (secondary N) is 3. The van der Waals surface area contributed by atoms with Crippen molar-refractivity contribution < 1.29 is 4.79 Å². The summed E-state index contributed by atoms with van der Waals surface area (Å²) in [6.07, 6.45) is 7.56. The molecule has 2 amide bonds. The summed E-state index contributed by atoms with van der Waals surface area (Å²) in [5, 5.41) is 6.65. The van der Waals surface area contributed by atoms with Gasteiger partial charge >= 0.3 is 6.03 Å². The lowest BCUT2D eigenvalue weighted by Gasteiger charge is -2.35. The zero-order valence-electron chi connectivity index (χ0n) is 13.0. The van der Waals surface area contributed by atoms with Crippen LogP contribution in [0.2, 0.25) is 0 Å². The number of nitrogens with zero attached hydrogens (tertiary/aromatic N) is 3. The number of amides is 2. The molecule has 3 N–H and O–H groups in total. The number of fused-ring (bicyclic) bond motifs is 1. The monoisotopic (exact) mass is 302 g/mol. The molecule has 2 aromatic heterocycles. The van der Waals surface area contributed by atoms with Gasteiger partial charge in [-0.3, -0.25) is 0 Å². The van der Waals surface area contributed by atoms with E-state index in [2.05, 4.69) is 37.5 Å². The number of rotatable bonds is 3. The van der Waals surface area contributed by atoms with E-state index in [0.717, 1.165) is 42.5 Å². The minimum atomic E-state index is -0.0957. The Bertz CT molecular complexity index is 646. The minimum Gasteiger partial charge on any atom is -0.356 e. The number of anilines is 1. The highest BCUT2D eigenvalue weighted by Crippen LogP contribution is 2.28. The van der Waals surface area contributed by atoms with Gasteiger partial charge in [0.15, 0.2) is 0 Å². The van der Waals surface area contributed by atoms with Gasteiger partial charge in [-0.2, -0.15) is 0 Å². The molecular weight excluding hydrogens is 280 g/mol. The third kappa shape index (κ3) is 2.84. The summed E-state index contributed by atoms with van der Waals surface area (Å²) in [6.45, 7) is 0. The Labute approximate surface area is 129 Å². The molecule has 1 saturated carbocycles. The summed E-state index contributed by atoms with van der Waals surface area (Å²) in [5.74, 6) is 0.967. The Morgan fingerprint density at radius 3 is 2.82 bits per heavy atom. The van der Waals surface area contributed by atoms with Crippen LogP contribution in [0, 0.1) is 0 Å². The number of aromatic nitrogens is 3. The second-order valence-corrected chi connectivity index (χ2v) is 5.78. The predicted octanol–water partition coefficient (Wildman–Crippen LogP) is 1.63. The molecule has 0 spiro atoms. The fourth-order valence-electron chi connectivity index (χ4n) is 3.18.